The van der Waals surface area contributed by atoms with Crippen LogP contribution in [0.2, 0.25) is 0 Å². The lowest BCUT2D eigenvalue weighted by Crippen LogP contribution is -2.40. The number of ether oxygens (including phenoxy) is 3. The van der Waals surface area contributed by atoms with E-state index in [1.54, 1.807) is 25.3 Å². The van der Waals surface area contributed by atoms with Gasteiger partial charge < -0.3 is 14.2 Å². The molecule has 0 N–H and O–H groups in total. The van der Waals surface area contributed by atoms with Crippen LogP contribution in [0.15, 0.2) is 36.5 Å². The fraction of sp³-hybridized carbons (Fsp3) is 0.333. The molecule has 126 valence electrons. The van der Waals surface area contributed by atoms with Crippen molar-refractivity contribution < 1.29 is 19.0 Å². The van der Waals surface area contributed by atoms with Gasteiger partial charge in [-0.2, -0.15) is 0 Å². The minimum absolute atomic E-state index is 0.317. The van der Waals surface area contributed by atoms with Crippen molar-refractivity contribution in [2.45, 2.75) is 12.5 Å². The van der Waals surface area contributed by atoms with Gasteiger partial charge in [-0.25, -0.2) is 4.79 Å². The first-order chi connectivity index (χ1) is 11.7. The third-order valence-corrected chi connectivity index (χ3v) is 4.25. The highest BCUT2D eigenvalue weighted by Crippen LogP contribution is 2.40. The van der Waals surface area contributed by atoms with Crippen molar-refractivity contribution >= 4 is 6.09 Å². The zero-order valence-corrected chi connectivity index (χ0v) is 14.0. The Bertz CT molecular complexity index is 733. The molecule has 1 aliphatic rings. The normalized spacial score (nSPS) is 16.3. The second-order valence-electron chi connectivity index (χ2n) is 5.48. The number of rotatable bonds is 3. The van der Waals surface area contributed by atoms with E-state index in [1.807, 2.05) is 30.3 Å². The van der Waals surface area contributed by atoms with Crippen LogP contribution in [0.4, 0.5) is 4.79 Å². The number of pyridine rings is 1. The molecule has 6 nitrogen and oxygen atoms in total. The molecule has 1 aromatic carbocycles. The summed E-state index contributed by atoms with van der Waals surface area (Å²) < 4.78 is 15.8. The lowest BCUT2D eigenvalue weighted by molar-refractivity contribution is 0.108. The molecular weight excluding hydrogens is 308 g/mol. The Balaban J connectivity index is 2.15. The number of carbonyl (C=O) groups excluding carboxylic acids is 1. The number of aromatic nitrogens is 1. The molecule has 1 amide bonds. The first-order valence-electron chi connectivity index (χ1n) is 7.70. The number of nitrogens with zero attached hydrogens (tertiary/aromatic N) is 2. The van der Waals surface area contributed by atoms with Crippen molar-refractivity contribution in [3.8, 4) is 11.5 Å². The van der Waals surface area contributed by atoms with E-state index >= 15 is 0 Å². The molecule has 1 unspecified atom stereocenters. The molecule has 0 spiro atoms. The molecule has 1 aliphatic heterocycles. The summed E-state index contributed by atoms with van der Waals surface area (Å²) >= 11 is 0. The van der Waals surface area contributed by atoms with Gasteiger partial charge in [-0.15, -0.1) is 0 Å². The van der Waals surface area contributed by atoms with Gasteiger partial charge in [0.25, 0.3) is 0 Å². The van der Waals surface area contributed by atoms with Crippen LogP contribution in [0, 0.1) is 0 Å². The van der Waals surface area contributed by atoms with Gasteiger partial charge >= 0.3 is 6.09 Å². The minimum Gasteiger partial charge on any atom is -0.493 e. The van der Waals surface area contributed by atoms with E-state index in [0.29, 0.717) is 24.5 Å². The van der Waals surface area contributed by atoms with Crippen molar-refractivity contribution in [1.29, 1.82) is 0 Å². The van der Waals surface area contributed by atoms with Crippen LogP contribution in [0.1, 0.15) is 22.9 Å². The lowest BCUT2D eigenvalue weighted by atomic mass is 9.90. The van der Waals surface area contributed by atoms with E-state index in [0.717, 1.165) is 16.8 Å². The maximum absolute atomic E-state index is 12.3. The van der Waals surface area contributed by atoms with Gasteiger partial charge in [0, 0.05) is 12.7 Å². The van der Waals surface area contributed by atoms with E-state index in [9.17, 15) is 4.79 Å². The Labute approximate surface area is 141 Å². The van der Waals surface area contributed by atoms with E-state index in [4.69, 9.17) is 14.2 Å². The first-order valence-corrected chi connectivity index (χ1v) is 7.70. The molecule has 0 radical (unpaired) electrons. The largest absolute Gasteiger partial charge is 0.493 e. The third-order valence-electron chi connectivity index (χ3n) is 4.25. The number of hydrogen-bond donors (Lipinski definition) is 0. The highest BCUT2D eigenvalue weighted by molar-refractivity contribution is 5.70. The molecule has 0 saturated carbocycles. The topological polar surface area (TPSA) is 60.9 Å². The molecular formula is C18H20N2O4. The van der Waals surface area contributed by atoms with Gasteiger partial charge in [0.15, 0.2) is 11.5 Å². The molecule has 1 aromatic heterocycles. The average Bonchev–Trinajstić information content (AvgIpc) is 2.65. The summed E-state index contributed by atoms with van der Waals surface area (Å²) in [6.45, 7) is 0.552. The molecule has 0 aliphatic carbocycles. The van der Waals surface area contributed by atoms with Crippen molar-refractivity contribution in [2.75, 3.05) is 27.9 Å². The van der Waals surface area contributed by atoms with Crippen molar-refractivity contribution in [1.82, 2.24) is 9.88 Å². The van der Waals surface area contributed by atoms with Crippen molar-refractivity contribution in [3.05, 3.63) is 53.3 Å². The predicted molar refractivity (Wildman–Crippen MR) is 88.4 cm³/mol. The summed E-state index contributed by atoms with van der Waals surface area (Å²) in [4.78, 5) is 18.4. The van der Waals surface area contributed by atoms with Crippen LogP contribution in [0.25, 0.3) is 0 Å². The summed E-state index contributed by atoms with van der Waals surface area (Å²) in [6.07, 6.45) is 2.07. The first kappa shape index (κ1) is 16.1. The molecule has 0 saturated heterocycles. The van der Waals surface area contributed by atoms with E-state index in [-0.39, 0.29) is 12.1 Å². The summed E-state index contributed by atoms with van der Waals surface area (Å²) in [5, 5.41) is 0. The fourth-order valence-corrected chi connectivity index (χ4v) is 3.12. The molecule has 0 fully saturated rings. The SMILES string of the molecule is COC(=O)N1CCc2cc(OC)c(OC)cc2C1c1ccccn1. The Morgan fingerprint density at radius 1 is 1.17 bits per heavy atom. The maximum atomic E-state index is 12.3. The van der Waals surface area contributed by atoms with Gasteiger partial charge in [0.2, 0.25) is 0 Å². The monoisotopic (exact) mass is 328 g/mol. The highest BCUT2D eigenvalue weighted by Gasteiger charge is 2.34. The number of methoxy groups -OCH3 is 3. The summed E-state index contributed by atoms with van der Waals surface area (Å²) in [6, 6.07) is 9.24. The lowest BCUT2D eigenvalue weighted by Gasteiger charge is -2.36. The maximum Gasteiger partial charge on any atom is 0.410 e. The van der Waals surface area contributed by atoms with Crippen LogP contribution in [-0.2, 0) is 11.2 Å². The quantitative estimate of drug-likeness (QED) is 0.867. The van der Waals surface area contributed by atoms with Gasteiger partial charge in [-0.3, -0.25) is 9.88 Å². The number of benzene rings is 1. The predicted octanol–water partition coefficient (Wildman–Crippen LogP) is 2.81. The summed E-state index contributed by atoms with van der Waals surface area (Å²) in [5.74, 6) is 1.31. The molecule has 24 heavy (non-hydrogen) atoms. The number of amides is 1. The molecule has 6 heteroatoms. The molecule has 1 atom stereocenters. The fourth-order valence-electron chi connectivity index (χ4n) is 3.12. The van der Waals surface area contributed by atoms with Gasteiger partial charge in [0.05, 0.1) is 27.0 Å². The van der Waals surface area contributed by atoms with Gasteiger partial charge in [-0.05, 0) is 41.8 Å². The molecule has 3 rings (SSSR count). The Hall–Kier alpha value is -2.76. The molecule has 0 bridgehead atoms. The van der Waals surface area contributed by atoms with Gasteiger partial charge in [-0.1, -0.05) is 6.07 Å². The van der Waals surface area contributed by atoms with E-state index < -0.39 is 0 Å². The smallest absolute Gasteiger partial charge is 0.410 e. The minimum atomic E-state index is -0.369. The van der Waals surface area contributed by atoms with Gasteiger partial charge in [0.1, 0.15) is 6.04 Å². The Morgan fingerprint density at radius 2 is 1.92 bits per heavy atom. The number of hydrogen-bond acceptors (Lipinski definition) is 5. The average molecular weight is 328 g/mol. The molecule has 2 aromatic rings. The van der Waals surface area contributed by atoms with Crippen LogP contribution < -0.4 is 9.47 Å². The summed E-state index contributed by atoms with van der Waals surface area (Å²) in [7, 11) is 4.60. The van der Waals surface area contributed by atoms with E-state index in [2.05, 4.69) is 4.98 Å². The van der Waals surface area contributed by atoms with Crippen LogP contribution >= 0.6 is 0 Å². The van der Waals surface area contributed by atoms with Crippen molar-refractivity contribution in [2.24, 2.45) is 0 Å². The van der Waals surface area contributed by atoms with E-state index in [1.165, 1.54) is 7.11 Å². The van der Waals surface area contributed by atoms with Crippen molar-refractivity contribution in [3.63, 3.8) is 0 Å². The third kappa shape index (κ3) is 2.75. The Kier molecular flexibility index (Phi) is 4.55. The molecule has 2 heterocycles. The highest BCUT2D eigenvalue weighted by atomic mass is 16.5. The van der Waals surface area contributed by atoms with Crippen LogP contribution in [0.5, 0.6) is 11.5 Å². The second kappa shape index (κ2) is 6.78. The van der Waals surface area contributed by atoms with Crippen LogP contribution in [0.3, 0.4) is 0 Å². The summed E-state index contributed by atoms with van der Waals surface area (Å²) in [5.41, 5.74) is 2.88. The Morgan fingerprint density at radius 3 is 2.54 bits per heavy atom. The standard InChI is InChI=1S/C18H20N2O4/c1-22-15-10-12-7-9-20(18(21)24-3)17(13(12)11-16(15)23-2)14-6-4-5-8-19-14/h4-6,8,10-11,17H,7,9H2,1-3H3. The van der Waals surface area contributed by atoms with Crippen LogP contribution in [-0.4, -0.2) is 43.9 Å². The second-order valence-corrected chi connectivity index (χ2v) is 5.48. The zero-order chi connectivity index (χ0) is 17.1. The number of carbonyl (C=O) groups is 1. The zero-order valence-electron chi connectivity index (χ0n) is 14.0. The number of fused-ring (bicyclic) bond motifs is 1.